The molecule has 0 heterocycles. The Morgan fingerprint density at radius 2 is 2.17 bits per heavy atom. The van der Waals surface area contributed by atoms with Gasteiger partial charge in [-0.2, -0.15) is 0 Å². The Morgan fingerprint density at radius 3 is 2.78 bits per heavy atom. The minimum Gasteiger partial charge on any atom is -0.447 e. The molecule has 0 saturated carbocycles. The minimum atomic E-state index is -0.489. The number of aliphatic hydroxyl groups is 1. The van der Waals surface area contributed by atoms with Crippen LogP contribution >= 0.6 is 0 Å². The molecule has 0 bridgehead atoms. The topological polar surface area (TPSA) is 58.6 Å². The molecule has 2 N–H and O–H groups in total. The third-order valence-electron chi connectivity index (χ3n) is 1.98. The molecule has 0 radical (unpaired) electrons. The summed E-state index contributed by atoms with van der Waals surface area (Å²) in [6, 6.07) is 5.44. The Hall–Kier alpha value is -1.99. The number of rotatable bonds is 2. The summed E-state index contributed by atoms with van der Waals surface area (Å²) in [5.74, 6) is 5.36. The predicted molar refractivity (Wildman–Crippen MR) is 70.4 cm³/mol. The Kier molecular flexibility index (Phi) is 5.22. The van der Waals surface area contributed by atoms with Crippen molar-refractivity contribution in [2.24, 2.45) is 0 Å². The lowest BCUT2D eigenvalue weighted by atomic mass is 10.1. The van der Waals surface area contributed by atoms with Crippen molar-refractivity contribution in [2.45, 2.75) is 26.9 Å². The van der Waals surface area contributed by atoms with E-state index in [0.717, 1.165) is 11.1 Å². The van der Waals surface area contributed by atoms with Crippen molar-refractivity contribution < 1.29 is 14.6 Å². The molecule has 96 valence electrons. The van der Waals surface area contributed by atoms with E-state index >= 15 is 0 Å². The lowest BCUT2D eigenvalue weighted by molar-refractivity contribution is 0.130. The second kappa shape index (κ2) is 6.67. The molecular formula is C14H17NO3. The normalized spacial score (nSPS) is 9.61. The molecule has 0 fully saturated rings. The second-order valence-electron chi connectivity index (χ2n) is 4.13. The average Bonchev–Trinajstić information content (AvgIpc) is 2.24. The van der Waals surface area contributed by atoms with E-state index in [9.17, 15) is 4.79 Å². The van der Waals surface area contributed by atoms with Crippen molar-refractivity contribution >= 4 is 11.8 Å². The molecular weight excluding hydrogens is 230 g/mol. The molecule has 0 atom stereocenters. The fourth-order valence-electron chi connectivity index (χ4n) is 1.43. The van der Waals surface area contributed by atoms with Crippen molar-refractivity contribution in [1.29, 1.82) is 0 Å². The van der Waals surface area contributed by atoms with Crippen LogP contribution < -0.4 is 5.32 Å². The van der Waals surface area contributed by atoms with Gasteiger partial charge in [0.25, 0.3) is 0 Å². The maximum Gasteiger partial charge on any atom is 0.411 e. The van der Waals surface area contributed by atoms with Gasteiger partial charge in [-0.1, -0.05) is 11.8 Å². The van der Waals surface area contributed by atoms with Crippen molar-refractivity contribution in [3.05, 3.63) is 29.3 Å². The van der Waals surface area contributed by atoms with E-state index < -0.39 is 6.09 Å². The SMILES string of the molecule is Cc1cc(C#CCO)cc(NC(=O)OC(C)C)c1. The summed E-state index contributed by atoms with van der Waals surface area (Å²) < 4.78 is 4.99. The summed E-state index contributed by atoms with van der Waals surface area (Å²) >= 11 is 0. The lowest BCUT2D eigenvalue weighted by Gasteiger charge is -2.10. The highest BCUT2D eigenvalue weighted by atomic mass is 16.6. The Bertz CT molecular complexity index is 484. The van der Waals surface area contributed by atoms with Crippen LogP contribution in [0.15, 0.2) is 18.2 Å². The van der Waals surface area contributed by atoms with Gasteiger partial charge in [-0.15, -0.1) is 0 Å². The molecule has 4 heteroatoms. The van der Waals surface area contributed by atoms with Gasteiger partial charge in [0.15, 0.2) is 0 Å². The predicted octanol–water partition coefficient (Wildman–Crippen LogP) is 2.30. The fourth-order valence-corrected chi connectivity index (χ4v) is 1.43. The van der Waals surface area contributed by atoms with E-state index in [1.54, 1.807) is 19.9 Å². The van der Waals surface area contributed by atoms with Crippen LogP contribution in [0.1, 0.15) is 25.0 Å². The van der Waals surface area contributed by atoms with Crippen molar-refractivity contribution in [3.8, 4) is 11.8 Å². The van der Waals surface area contributed by atoms with Crippen LogP contribution in [0.3, 0.4) is 0 Å². The molecule has 1 aromatic rings. The number of aryl methyl sites for hydroxylation is 1. The molecule has 0 spiro atoms. The third-order valence-corrected chi connectivity index (χ3v) is 1.98. The number of nitrogens with one attached hydrogen (secondary N) is 1. The van der Waals surface area contributed by atoms with Crippen LogP contribution in [0.2, 0.25) is 0 Å². The molecule has 0 aliphatic carbocycles. The van der Waals surface area contributed by atoms with Crippen molar-refractivity contribution in [2.75, 3.05) is 11.9 Å². The highest BCUT2D eigenvalue weighted by Gasteiger charge is 2.06. The summed E-state index contributed by atoms with van der Waals surface area (Å²) in [5.41, 5.74) is 2.34. The highest BCUT2D eigenvalue weighted by Crippen LogP contribution is 2.14. The van der Waals surface area contributed by atoms with Gasteiger partial charge in [0.2, 0.25) is 0 Å². The molecule has 0 aliphatic heterocycles. The van der Waals surface area contributed by atoms with E-state index in [-0.39, 0.29) is 12.7 Å². The molecule has 0 saturated heterocycles. The van der Waals surface area contributed by atoms with E-state index in [1.165, 1.54) is 0 Å². The zero-order chi connectivity index (χ0) is 13.5. The van der Waals surface area contributed by atoms with Gasteiger partial charge in [0, 0.05) is 11.3 Å². The zero-order valence-electron chi connectivity index (χ0n) is 10.8. The van der Waals surface area contributed by atoms with Crippen LogP contribution in [-0.2, 0) is 4.74 Å². The van der Waals surface area contributed by atoms with E-state index in [2.05, 4.69) is 17.2 Å². The number of hydrogen-bond donors (Lipinski definition) is 2. The number of ether oxygens (including phenoxy) is 1. The molecule has 4 nitrogen and oxygen atoms in total. The third kappa shape index (κ3) is 4.89. The van der Waals surface area contributed by atoms with E-state index in [1.807, 2.05) is 19.1 Å². The van der Waals surface area contributed by atoms with Crippen LogP contribution in [0.5, 0.6) is 0 Å². The maximum absolute atomic E-state index is 11.5. The van der Waals surface area contributed by atoms with E-state index in [0.29, 0.717) is 5.69 Å². The Balaban J connectivity index is 2.83. The summed E-state index contributed by atoms with van der Waals surface area (Å²) in [5, 5.41) is 11.3. The second-order valence-corrected chi connectivity index (χ2v) is 4.13. The zero-order valence-corrected chi connectivity index (χ0v) is 10.8. The average molecular weight is 247 g/mol. The first-order chi connectivity index (χ1) is 8.51. The largest absolute Gasteiger partial charge is 0.447 e. The number of hydrogen-bond acceptors (Lipinski definition) is 3. The van der Waals surface area contributed by atoms with Crippen LogP contribution in [-0.4, -0.2) is 23.9 Å². The maximum atomic E-state index is 11.5. The first-order valence-corrected chi connectivity index (χ1v) is 5.70. The number of benzene rings is 1. The Labute approximate surface area is 107 Å². The number of anilines is 1. The van der Waals surface area contributed by atoms with Gasteiger partial charge >= 0.3 is 6.09 Å². The number of carbonyl (C=O) groups is 1. The molecule has 1 rings (SSSR count). The molecule has 18 heavy (non-hydrogen) atoms. The van der Waals surface area contributed by atoms with Crippen molar-refractivity contribution in [3.63, 3.8) is 0 Å². The van der Waals surface area contributed by atoms with Gasteiger partial charge < -0.3 is 9.84 Å². The van der Waals surface area contributed by atoms with Crippen molar-refractivity contribution in [1.82, 2.24) is 0 Å². The standard InChI is InChI=1S/C14H17NO3/c1-10(2)18-14(17)15-13-8-11(3)7-12(9-13)5-4-6-16/h7-10,16H,6H2,1-3H3,(H,15,17). The van der Waals surface area contributed by atoms with Gasteiger partial charge in [0.05, 0.1) is 6.10 Å². The van der Waals surface area contributed by atoms with Gasteiger partial charge in [-0.05, 0) is 44.5 Å². The number of aliphatic hydroxyl groups excluding tert-OH is 1. The fraction of sp³-hybridized carbons (Fsp3) is 0.357. The number of amides is 1. The molecule has 0 aliphatic rings. The van der Waals surface area contributed by atoms with E-state index in [4.69, 9.17) is 9.84 Å². The quantitative estimate of drug-likeness (QED) is 0.788. The highest BCUT2D eigenvalue weighted by molar-refractivity contribution is 5.85. The Morgan fingerprint density at radius 1 is 1.44 bits per heavy atom. The molecule has 1 amide bonds. The van der Waals surface area contributed by atoms with Gasteiger partial charge in [-0.3, -0.25) is 5.32 Å². The first kappa shape index (κ1) is 14.1. The molecule has 0 aromatic heterocycles. The smallest absolute Gasteiger partial charge is 0.411 e. The number of carbonyl (C=O) groups excluding carboxylic acids is 1. The lowest BCUT2D eigenvalue weighted by Crippen LogP contribution is -2.18. The van der Waals surface area contributed by atoms with Crippen LogP contribution in [0.25, 0.3) is 0 Å². The minimum absolute atomic E-state index is 0.163. The summed E-state index contributed by atoms with van der Waals surface area (Å²) in [6.07, 6.45) is -0.653. The van der Waals surface area contributed by atoms with Gasteiger partial charge in [-0.25, -0.2) is 4.79 Å². The van der Waals surface area contributed by atoms with Gasteiger partial charge in [0.1, 0.15) is 6.61 Å². The van der Waals surface area contributed by atoms with Crippen LogP contribution in [0.4, 0.5) is 10.5 Å². The molecule has 1 aromatic carbocycles. The van der Waals surface area contributed by atoms with Crippen LogP contribution in [0, 0.1) is 18.8 Å². The summed E-state index contributed by atoms with van der Waals surface area (Å²) in [4.78, 5) is 11.5. The summed E-state index contributed by atoms with van der Waals surface area (Å²) in [7, 11) is 0. The summed E-state index contributed by atoms with van der Waals surface area (Å²) in [6.45, 7) is 5.29. The monoisotopic (exact) mass is 247 g/mol. The molecule has 0 unspecified atom stereocenters. The first-order valence-electron chi connectivity index (χ1n) is 5.70.